The summed E-state index contributed by atoms with van der Waals surface area (Å²) in [5.74, 6) is 1.50. The fourth-order valence-corrected chi connectivity index (χ4v) is 3.23. The minimum atomic E-state index is 0.683. The number of hydrogen-bond acceptors (Lipinski definition) is 1. The Hall–Kier alpha value is -0.0800. The molecule has 1 aliphatic carbocycles. The highest BCUT2D eigenvalue weighted by Gasteiger charge is 2.31. The Bertz CT molecular complexity index is 342. The zero-order chi connectivity index (χ0) is 10.8. The fraction of sp³-hybridized carbons (Fsp3) is 0.583. The zero-order valence-electron chi connectivity index (χ0n) is 8.79. The van der Waals surface area contributed by atoms with E-state index in [0.29, 0.717) is 4.83 Å². The quantitative estimate of drug-likeness (QED) is 0.747. The van der Waals surface area contributed by atoms with Gasteiger partial charge < -0.3 is 0 Å². The van der Waals surface area contributed by atoms with E-state index in [1.807, 2.05) is 12.3 Å². The molecule has 0 aliphatic heterocycles. The van der Waals surface area contributed by atoms with Crippen molar-refractivity contribution < 1.29 is 0 Å². The van der Waals surface area contributed by atoms with E-state index >= 15 is 0 Å². The molecule has 0 amide bonds. The average molecular weight is 289 g/mol. The molecule has 3 atom stereocenters. The van der Waals surface area contributed by atoms with Gasteiger partial charge in [-0.3, -0.25) is 4.98 Å². The second kappa shape index (κ2) is 4.84. The minimum Gasteiger partial charge on any atom is -0.263 e. The number of hydrogen-bond donors (Lipinski definition) is 0. The van der Waals surface area contributed by atoms with Gasteiger partial charge in [0.25, 0.3) is 0 Å². The van der Waals surface area contributed by atoms with Crippen LogP contribution >= 0.6 is 27.5 Å². The van der Waals surface area contributed by atoms with Crippen LogP contribution in [0, 0.1) is 11.8 Å². The molecule has 1 aromatic rings. The molecule has 3 unspecified atom stereocenters. The number of aromatic nitrogens is 1. The van der Waals surface area contributed by atoms with E-state index in [-0.39, 0.29) is 0 Å². The van der Waals surface area contributed by atoms with Crippen LogP contribution in [0.1, 0.15) is 25.3 Å². The van der Waals surface area contributed by atoms with Crippen molar-refractivity contribution in [3.05, 3.63) is 29.0 Å². The molecule has 0 aromatic carbocycles. The van der Waals surface area contributed by atoms with Gasteiger partial charge in [0.1, 0.15) is 0 Å². The molecule has 0 spiro atoms. The molecule has 82 valence electrons. The standard InChI is InChI=1S/C12H15BrClN/c1-8-9(2-3-11(8)13)6-10-4-5-15-7-12(10)14/h4-5,7-9,11H,2-3,6H2,1H3. The lowest BCUT2D eigenvalue weighted by atomic mass is 9.91. The van der Waals surface area contributed by atoms with Gasteiger partial charge in [0, 0.05) is 17.2 Å². The van der Waals surface area contributed by atoms with Crippen molar-refractivity contribution in [3.8, 4) is 0 Å². The third kappa shape index (κ3) is 2.54. The highest BCUT2D eigenvalue weighted by atomic mass is 79.9. The highest BCUT2D eigenvalue weighted by molar-refractivity contribution is 9.09. The van der Waals surface area contributed by atoms with Gasteiger partial charge in [-0.1, -0.05) is 34.5 Å². The van der Waals surface area contributed by atoms with Gasteiger partial charge in [-0.15, -0.1) is 0 Å². The van der Waals surface area contributed by atoms with E-state index < -0.39 is 0 Å². The summed E-state index contributed by atoms with van der Waals surface area (Å²) in [7, 11) is 0. The smallest absolute Gasteiger partial charge is 0.0621 e. The van der Waals surface area contributed by atoms with E-state index in [0.717, 1.165) is 23.3 Å². The van der Waals surface area contributed by atoms with Gasteiger partial charge in [0.15, 0.2) is 0 Å². The van der Waals surface area contributed by atoms with Crippen molar-refractivity contribution in [2.45, 2.75) is 31.0 Å². The summed E-state index contributed by atoms with van der Waals surface area (Å²) in [5, 5.41) is 0.808. The van der Waals surface area contributed by atoms with Crippen LogP contribution in [0.25, 0.3) is 0 Å². The molecule has 0 radical (unpaired) electrons. The molecule has 1 nitrogen and oxygen atoms in total. The molecule has 1 saturated carbocycles. The second-order valence-electron chi connectivity index (χ2n) is 4.38. The van der Waals surface area contributed by atoms with E-state index in [4.69, 9.17) is 11.6 Å². The van der Waals surface area contributed by atoms with E-state index in [1.165, 1.54) is 18.4 Å². The Morgan fingerprint density at radius 1 is 1.53 bits per heavy atom. The first-order valence-corrected chi connectivity index (χ1v) is 6.70. The van der Waals surface area contributed by atoms with Crippen LogP contribution in [0.2, 0.25) is 5.02 Å². The Morgan fingerprint density at radius 3 is 2.93 bits per heavy atom. The lowest BCUT2D eigenvalue weighted by Crippen LogP contribution is -2.13. The maximum Gasteiger partial charge on any atom is 0.0621 e. The summed E-state index contributed by atoms with van der Waals surface area (Å²) in [6.07, 6.45) is 7.24. The molecule has 2 rings (SSSR count). The summed E-state index contributed by atoms with van der Waals surface area (Å²) in [4.78, 5) is 4.70. The molecule has 3 heteroatoms. The number of halogens is 2. The Labute approximate surface area is 104 Å². The summed E-state index contributed by atoms with van der Waals surface area (Å²) < 4.78 is 0. The highest BCUT2D eigenvalue weighted by Crippen LogP contribution is 2.38. The van der Waals surface area contributed by atoms with Crippen LogP contribution in [-0.2, 0) is 6.42 Å². The van der Waals surface area contributed by atoms with Crippen LogP contribution < -0.4 is 0 Å². The zero-order valence-corrected chi connectivity index (χ0v) is 11.1. The normalized spacial score (nSPS) is 30.7. The van der Waals surface area contributed by atoms with E-state index in [9.17, 15) is 0 Å². The fourth-order valence-electron chi connectivity index (χ4n) is 2.33. The molecule has 15 heavy (non-hydrogen) atoms. The maximum absolute atomic E-state index is 6.11. The molecule has 0 saturated heterocycles. The monoisotopic (exact) mass is 287 g/mol. The van der Waals surface area contributed by atoms with Crippen molar-refractivity contribution in [1.82, 2.24) is 4.98 Å². The van der Waals surface area contributed by atoms with Gasteiger partial charge >= 0.3 is 0 Å². The van der Waals surface area contributed by atoms with Gasteiger partial charge in [0.05, 0.1) is 5.02 Å². The summed E-state index contributed by atoms with van der Waals surface area (Å²) in [5.41, 5.74) is 1.24. The van der Waals surface area contributed by atoms with Crippen molar-refractivity contribution >= 4 is 27.5 Å². The molecule has 1 aliphatic rings. The third-order valence-corrected chi connectivity index (χ3v) is 5.10. The molecular formula is C12H15BrClN. The molecule has 0 bridgehead atoms. The van der Waals surface area contributed by atoms with Crippen LogP contribution in [0.15, 0.2) is 18.5 Å². The number of nitrogens with zero attached hydrogens (tertiary/aromatic N) is 1. The van der Waals surface area contributed by atoms with Gasteiger partial charge in [0.2, 0.25) is 0 Å². The summed E-state index contributed by atoms with van der Waals surface area (Å²) in [6.45, 7) is 2.33. The topological polar surface area (TPSA) is 12.9 Å². The molecule has 0 N–H and O–H groups in total. The second-order valence-corrected chi connectivity index (χ2v) is 5.97. The van der Waals surface area contributed by atoms with Crippen molar-refractivity contribution in [1.29, 1.82) is 0 Å². The maximum atomic E-state index is 6.11. The van der Waals surface area contributed by atoms with Crippen molar-refractivity contribution in [3.63, 3.8) is 0 Å². The Morgan fingerprint density at radius 2 is 2.33 bits per heavy atom. The number of pyridine rings is 1. The Kier molecular flexibility index (Phi) is 3.68. The first kappa shape index (κ1) is 11.4. The van der Waals surface area contributed by atoms with E-state index in [1.54, 1.807) is 6.20 Å². The van der Waals surface area contributed by atoms with E-state index in [2.05, 4.69) is 27.8 Å². The Balaban J connectivity index is 2.07. The van der Waals surface area contributed by atoms with Crippen LogP contribution in [0.5, 0.6) is 0 Å². The largest absolute Gasteiger partial charge is 0.263 e. The SMILES string of the molecule is CC1C(Br)CCC1Cc1ccncc1Cl. The number of rotatable bonds is 2. The van der Waals surface area contributed by atoms with Crippen LogP contribution in [0.4, 0.5) is 0 Å². The predicted octanol–water partition coefficient (Wildman–Crippen LogP) is 4.09. The van der Waals surface area contributed by atoms with Gasteiger partial charge in [-0.25, -0.2) is 0 Å². The lowest BCUT2D eigenvalue weighted by molar-refractivity contribution is 0.423. The average Bonchev–Trinajstić information content (AvgIpc) is 2.53. The van der Waals surface area contributed by atoms with Crippen molar-refractivity contribution in [2.75, 3.05) is 0 Å². The van der Waals surface area contributed by atoms with Crippen LogP contribution in [-0.4, -0.2) is 9.81 Å². The molecule has 1 aromatic heterocycles. The molecule has 1 fully saturated rings. The first-order chi connectivity index (χ1) is 7.18. The molecular weight excluding hydrogens is 273 g/mol. The predicted molar refractivity (Wildman–Crippen MR) is 67.6 cm³/mol. The lowest BCUT2D eigenvalue weighted by Gasteiger charge is -2.17. The third-order valence-electron chi connectivity index (χ3n) is 3.47. The van der Waals surface area contributed by atoms with Crippen LogP contribution in [0.3, 0.4) is 0 Å². The van der Waals surface area contributed by atoms with Gasteiger partial charge in [-0.2, -0.15) is 0 Å². The van der Waals surface area contributed by atoms with Crippen molar-refractivity contribution in [2.24, 2.45) is 11.8 Å². The van der Waals surface area contributed by atoms with Gasteiger partial charge in [-0.05, 0) is 42.7 Å². The summed E-state index contributed by atoms with van der Waals surface area (Å²) >= 11 is 9.84. The minimum absolute atomic E-state index is 0.683. The summed E-state index contributed by atoms with van der Waals surface area (Å²) in [6, 6.07) is 2.04. The first-order valence-electron chi connectivity index (χ1n) is 5.41. The number of alkyl halides is 1. The molecule has 1 heterocycles.